The Morgan fingerprint density at radius 3 is 2.35 bits per heavy atom. The first-order valence-electron chi connectivity index (χ1n) is 8.03. The predicted molar refractivity (Wildman–Crippen MR) is 107 cm³/mol. The summed E-state index contributed by atoms with van der Waals surface area (Å²) in [5.74, 6) is -0.490. The van der Waals surface area contributed by atoms with E-state index in [1.54, 1.807) is 61.5 Å². The van der Waals surface area contributed by atoms with Crippen molar-refractivity contribution in [3.63, 3.8) is 0 Å². The summed E-state index contributed by atoms with van der Waals surface area (Å²) in [6, 6.07) is 15.9. The largest absolute Gasteiger partial charge is 0.351 e. The highest BCUT2D eigenvalue weighted by molar-refractivity contribution is 7.92. The normalized spacial score (nSPS) is 11.9. The molecule has 2 aromatic carbocycles. The fourth-order valence-corrected chi connectivity index (χ4v) is 3.45. The number of para-hydroxylation sites is 1. The van der Waals surface area contributed by atoms with Crippen molar-refractivity contribution in [2.75, 3.05) is 23.7 Å². The van der Waals surface area contributed by atoms with Crippen LogP contribution in [0, 0.1) is 0 Å². The van der Waals surface area contributed by atoms with E-state index in [0.717, 1.165) is 5.56 Å². The van der Waals surface area contributed by atoms with Crippen LogP contribution in [0.15, 0.2) is 60.2 Å². The van der Waals surface area contributed by atoms with Gasteiger partial charge >= 0.3 is 0 Å². The molecule has 1 N–H and O–H groups in total. The number of nitrogens with zero attached hydrogens (tertiary/aromatic N) is 1. The summed E-state index contributed by atoms with van der Waals surface area (Å²) in [7, 11) is -2.02. The quantitative estimate of drug-likeness (QED) is 0.735. The second-order valence-corrected chi connectivity index (χ2v) is 8.31. The summed E-state index contributed by atoms with van der Waals surface area (Å²) in [5, 5.41) is 3.26. The number of nitrogens with one attached hydrogen (secondary N) is 1. The molecular formula is C19H21ClN2O3S. The fourth-order valence-electron chi connectivity index (χ4n) is 2.24. The van der Waals surface area contributed by atoms with Gasteiger partial charge in [-0.3, -0.25) is 9.10 Å². The first-order valence-corrected chi connectivity index (χ1v) is 10.0. The molecule has 7 heteroatoms. The summed E-state index contributed by atoms with van der Waals surface area (Å²) >= 11 is 5.83. The van der Waals surface area contributed by atoms with Crippen molar-refractivity contribution in [3.05, 3.63) is 70.8 Å². The maximum absolute atomic E-state index is 12.4. The van der Waals surface area contributed by atoms with Crippen LogP contribution in [0.1, 0.15) is 12.5 Å². The number of hydrogen-bond acceptors (Lipinski definition) is 3. The van der Waals surface area contributed by atoms with Crippen molar-refractivity contribution in [1.82, 2.24) is 5.32 Å². The van der Waals surface area contributed by atoms with Crippen molar-refractivity contribution in [2.45, 2.75) is 6.92 Å². The van der Waals surface area contributed by atoms with Crippen molar-refractivity contribution in [3.8, 4) is 0 Å². The van der Waals surface area contributed by atoms with Crippen LogP contribution in [0.4, 0.5) is 5.69 Å². The lowest BCUT2D eigenvalue weighted by Gasteiger charge is -2.19. The van der Waals surface area contributed by atoms with Gasteiger partial charge in [0.2, 0.25) is 15.9 Å². The average Bonchev–Trinajstić information content (AvgIpc) is 2.63. The average molecular weight is 393 g/mol. The fraction of sp³-hybridized carbons (Fsp3) is 0.211. The SMILES string of the molecule is C/C(=C\c1ccc(Cl)cc1)C(=O)NCCS(=O)(=O)N(C)c1ccccc1. The summed E-state index contributed by atoms with van der Waals surface area (Å²) in [6.45, 7) is 1.71. The van der Waals surface area contributed by atoms with Gasteiger partial charge in [-0.1, -0.05) is 41.9 Å². The van der Waals surface area contributed by atoms with Gasteiger partial charge < -0.3 is 5.32 Å². The predicted octanol–water partition coefficient (Wildman–Crippen LogP) is 3.33. The first-order chi connectivity index (χ1) is 12.3. The van der Waals surface area contributed by atoms with Crippen LogP contribution in [-0.4, -0.2) is 33.7 Å². The zero-order chi connectivity index (χ0) is 19.2. The van der Waals surface area contributed by atoms with E-state index in [1.165, 1.54) is 11.4 Å². The number of hydrogen-bond donors (Lipinski definition) is 1. The number of benzene rings is 2. The van der Waals surface area contributed by atoms with Crippen LogP contribution in [0.25, 0.3) is 6.08 Å². The molecule has 0 saturated heterocycles. The Morgan fingerprint density at radius 1 is 1.12 bits per heavy atom. The highest BCUT2D eigenvalue weighted by Gasteiger charge is 2.18. The molecule has 0 aliphatic rings. The maximum Gasteiger partial charge on any atom is 0.246 e. The van der Waals surface area contributed by atoms with E-state index < -0.39 is 10.0 Å². The second-order valence-electron chi connectivity index (χ2n) is 5.75. The van der Waals surface area contributed by atoms with Crippen LogP contribution in [0.2, 0.25) is 5.02 Å². The molecule has 26 heavy (non-hydrogen) atoms. The minimum absolute atomic E-state index is 0.0319. The minimum Gasteiger partial charge on any atom is -0.351 e. The molecule has 0 aliphatic carbocycles. The van der Waals surface area contributed by atoms with Gasteiger partial charge in [-0.25, -0.2) is 8.42 Å². The smallest absolute Gasteiger partial charge is 0.246 e. The van der Waals surface area contributed by atoms with Crippen LogP contribution >= 0.6 is 11.6 Å². The van der Waals surface area contributed by atoms with Gasteiger partial charge in [-0.15, -0.1) is 0 Å². The molecule has 0 aliphatic heterocycles. The molecule has 5 nitrogen and oxygen atoms in total. The molecule has 0 fully saturated rings. The van der Waals surface area contributed by atoms with Gasteiger partial charge in [0, 0.05) is 24.2 Å². The number of halogens is 1. The van der Waals surface area contributed by atoms with E-state index in [2.05, 4.69) is 5.32 Å². The lowest BCUT2D eigenvalue weighted by atomic mass is 10.1. The number of anilines is 1. The standard InChI is InChI=1S/C19H21ClN2O3S/c1-15(14-16-8-10-17(20)11-9-16)19(23)21-12-13-26(24,25)22(2)18-6-4-3-5-7-18/h3-11,14H,12-13H2,1-2H3,(H,21,23)/b15-14+. The van der Waals surface area contributed by atoms with E-state index in [4.69, 9.17) is 11.6 Å². The number of carbonyl (C=O) groups excluding carboxylic acids is 1. The molecule has 1 amide bonds. The van der Waals surface area contributed by atoms with Crippen molar-refractivity contribution in [1.29, 1.82) is 0 Å². The Labute approximate surface area is 159 Å². The summed E-state index contributed by atoms with van der Waals surface area (Å²) in [5.41, 5.74) is 1.91. The Hall–Kier alpha value is -2.31. The molecular weight excluding hydrogens is 372 g/mol. The topological polar surface area (TPSA) is 66.5 Å². The van der Waals surface area contributed by atoms with Gasteiger partial charge in [-0.05, 0) is 42.8 Å². The monoisotopic (exact) mass is 392 g/mol. The molecule has 138 valence electrons. The van der Waals surface area contributed by atoms with E-state index in [1.807, 2.05) is 6.07 Å². The summed E-state index contributed by atoms with van der Waals surface area (Å²) in [6.07, 6.45) is 1.72. The third kappa shape index (κ3) is 5.61. The van der Waals surface area contributed by atoms with Crippen molar-refractivity contribution in [2.24, 2.45) is 0 Å². The summed E-state index contributed by atoms with van der Waals surface area (Å²) in [4.78, 5) is 12.1. The highest BCUT2D eigenvalue weighted by atomic mass is 35.5. The molecule has 2 aromatic rings. The molecule has 0 saturated carbocycles. The number of amides is 1. The number of carbonyl (C=O) groups is 1. The number of sulfonamides is 1. The molecule has 2 rings (SSSR count). The van der Waals surface area contributed by atoms with E-state index in [0.29, 0.717) is 16.3 Å². The lowest BCUT2D eigenvalue weighted by Crippen LogP contribution is -2.35. The van der Waals surface area contributed by atoms with Gasteiger partial charge in [0.25, 0.3) is 0 Å². The van der Waals surface area contributed by atoms with E-state index in [9.17, 15) is 13.2 Å². The van der Waals surface area contributed by atoms with Gasteiger partial charge in [0.05, 0.1) is 11.4 Å². The van der Waals surface area contributed by atoms with E-state index in [-0.39, 0.29) is 18.2 Å². The molecule has 0 heterocycles. The molecule has 0 bridgehead atoms. The lowest BCUT2D eigenvalue weighted by molar-refractivity contribution is -0.117. The Bertz CT molecular complexity index is 879. The van der Waals surface area contributed by atoms with Gasteiger partial charge in [0.15, 0.2) is 0 Å². The third-order valence-electron chi connectivity index (χ3n) is 3.79. The van der Waals surface area contributed by atoms with Crippen LogP contribution in [0.5, 0.6) is 0 Å². The van der Waals surface area contributed by atoms with Gasteiger partial charge in [0.1, 0.15) is 0 Å². The minimum atomic E-state index is -3.51. The molecule has 0 atom stereocenters. The Kier molecular flexibility index (Phi) is 6.83. The maximum atomic E-state index is 12.4. The zero-order valence-electron chi connectivity index (χ0n) is 14.6. The van der Waals surface area contributed by atoms with Gasteiger partial charge in [-0.2, -0.15) is 0 Å². The molecule has 0 aromatic heterocycles. The molecule has 0 spiro atoms. The Morgan fingerprint density at radius 2 is 1.73 bits per heavy atom. The van der Waals surface area contributed by atoms with Crippen molar-refractivity contribution < 1.29 is 13.2 Å². The van der Waals surface area contributed by atoms with Crippen LogP contribution < -0.4 is 9.62 Å². The highest BCUT2D eigenvalue weighted by Crippen LogP contribution is 2.15. The Balaban J connectivity index is 1.91. The second kappa shape index (κ2) is 8.87. The zero-order valence-corrected chi connectivity index (χ0v) is 16.2. The van der Waals surface area contributed by atoms with Crippen molar-refractivity contribution >= 4 is 39.3 Å². The van der Waals surface area contributed by atoms with Crippen LogP contribution in [-0.2, 0) is 14.8 Å². The molecule has 0 unspecified atom stereocenters. The van der Waals surface area contributed by atoms with Crippen LogP contribution in [0.3, 0.4) is 0 Å². The van der Waals surface area contributed by atoms with E-state index >= 15 is 0 Å². The number of rotatable bonds is 7. The molecule has 0 radical (unpaired) electrons. The summed E-state index contributed by atoms with van der Waals surface area (Å²) < 4.78 is 25.9. The first kappa shape index (κ1) is 20.0. The third-order valence-corrected chi connectivity index (χ3v) is 5.81.